The number of nitrogens with zero attached hydrogens (tertiary/aromatic N) is 1. The quantitative estimate of drug-likeness (QED) is 0.931. The molecule has 1 aliphatic heterocycles. The van der Waals surface area contributed by atoms with Crippen LogP contribution in [0.1, 0.15) is 12.5 Å². The van der Waals surface area contributed by atoms with Gasteiger partial charge in [-0.1, -0.05) is 18.2 Å². The minimum absolute atomic E-state index is 0.131. The first kappa shape index (κ1) is 14.1. The largest absolute Gasteiger partial charge is 0.464 e. The molecule has 1 N–H and O–H groups in total. The van der Waals surface area contributed by atoms with Crippen LogP contribution in [0.4, 0.5) is 0 Å². The van der Waals surface area contributed by atoms with Gasteiger partial charge in [0.1, 0.15) is 5.58 Å². The van der Waals surface area contributed by atoms with Gasteiger partial charge in [0.05, 0.1) is 25.5 Å². The number of benzene rings is 1. The van der Waals surface area contributed by atoms with Crippen molar-refractivity contribution < 1.29 is 13.9 Å². The number of furan rings is 1. The van der Waals surface area contributed by atoms with Crippen molar-refractivity contribution in [2.24, 2.45) is 0 Å². The van der Waals surface area contributed by atoms with Crippen LogP contribution in [0.25, 0.3) is 11.0 Å². The molecule has 2 aromatic rings. The third kappa shape index (κ3) is 3.09. The second kappa shape index (κ2) is 6.28. The molecule has 1 aromatic carbocycles. The van der Waals surface area contributed by atoms with E-state index in [-0.39, 0.29) is 11.9 Å². The van der Waals surface area contributed by atoms with Gasteiger partial charge in [0, 0.05) is 30.6 Å². The average molecular weight is 288 g/mol. The molecule has 21 heavy (non-hydrogen) atoms. The number of rotatable bonds is 4. The fraction of sp³-hybridized carbons (Fsp3) is 0.438. The zero-order chi connectivity index (χ0) is 14.7. The van der Waals surface area contributed by atoms with Crippen molar-refractivity contribution in [2.45, 2.75) is 19.5 Å². The molecular formula is C16H20N2O3. The summed E-state index contributed by atoms with van der Waals surface area (Å²) in [5.41, 5.74) is 1.95. The van der Waals surface area contributed by atoms with Crippen LogP contribution in [0, 0.1) is 0 Å². The molecule has 0 aliphatic carbocycles. The molecule has 1 aliphatic rings. The number of morpholine rings is 1. The number of hydrogen-bond donors (Lipinski definition) is 1. The predicted molar refractivity (Wildman–Crippen MR) is 79.9 cm³/mol. The van der Waals surface area contributed by atoms with Crippen LogP contribution < -0.4 is 5.32 Å². The minimum atomic E-state index is -0.211. The lowest BCUT2D eigenvalue weighted by atomic mass is 10.1. The van der Waals surface area contributed by atoms with Gasteiger partial charge in [0.15, 0.2) is 0 Å². The highest BCUT2D eigenvalue weighted by molar-refractivity contribution is 5.82. The molecule has 0 spiro atoms. The smallest absolute Gasteiger partial charge is 0.239 e. The molecule has 0 bridgehead atoms. The summed E-state index contributed by atoms with van der Waals surface area (Å²) in [4.78, 5) is 14.2. The third-order valence-electron chi connectivity index (χ3n) is 3.85. The molecule has 1 fully saturated rings. The van der Waals surface area contributed by atoms with E-state index in [4.69, 9.17) is 9.15 Å². The van der Waals surface area contributed by atoms with Crippen LogP contribution >= 0.6 is 0 Å². The Hall–Kier alpha value is -1.85. The molecule has 1 saturated heterocycles. The molecule has 2 heterocycles. The van der Waals surface area contributed by atoms with Crippen molar-refractivity contribution in [1.29, 1.82) is 0 Å². The van der Waals surface area contributed by atoms with E-state index in [0.29, 0.717) is 32.8 Å². The van der Waals surface area contributed by atoms with E-state index in [9.17, 15) is 4.79 Å². The number of hydrogen-bond acceptors (Lipinski definition) is 4. The zero-order valence-corrected chi connectivity index (χ0v) is 12.2. The Labute approximate surface area is 123 Å². The van der Waals surface area contributed by atoms with Gasteiger partial charge in [-0.3, -0.25) is 4.79 Å². The van der Waals surface area contributed by atoms with Crippen LogP contribution in [-0.2, 0) is 16.1 Å². The van der Waals surface area contributed by atoms with Gasteiger partial charge in [0.2, 0.25) is 5.91 Å². The van der Waals surface area contributed by atoms with Crippen molar-refractivity contribution in [3.05, 3.63) is 36.1 Å². The molecule has 1 unspecified atom stereocenters. The average Bonchev–Trinajstić information content (AvgIpc) is 2.96. The summed E-state index contributed by atoms with van der Waals surface area (Å²) in [5, 5.41) is 4.38. The number of ether oxygens (including phenoxy) is 1. The van der Waals surface area contributed by atoms with Crippen molar-refractivity contribution in [3.63, 3.8) is 0 Å². The van der Waals surface area contributed by atoms with Gasteiger partial charge in [-0.25, -0.2) is 0 Å². The maximum Gasteiger partial charge on any atom is 0.239 e. The van der Waals surface area contributed by atoms with E-state index in [1.54, 1.807) is 6.26 Å². The zero-order valence-electron chi connectivity index (χ0n) is 12.2. The van der Waals surface area contributed by atoms with E-state index in [1.807, 2.05) is 36.1 Å². The molecule has 1 aromatic heterocycles. The number of carbonyl (C=O) groups is 1. The van der Waals surface area contributed by atoms with E-state index in [2.05, 4.69) is 5.32 Å². The van der Waals surface area contributed by atoms with Crippen LogP contribution in [0.3, 0.4) is 0 Å². The standard InChI is InChI=1S/C16H20N2O3/c1-12(16(19)18-6-8-20-9-7-18)17-10-13-11-21-15-5-3-2-4-14(13)15/h2-5,11-12,17H,6-10H2,1H3. The van der Waals surface area contributed by atoms with Crippen LogP contribution in [0.5, 0.6) is 0 Å². The number of nitrogens with one attached hydrogen (secondary N) is 1. The summed E-state index contributed by atoms with van der Waals surface area (Å²) in [6, 6.07) is 7.71. The van der Waals surface area contributed by atoms with Crippen molar-refractivity contribution in [2.75, 3.05) is 26.3 Å². The van der Waals surface area contributed by atoms with E-state index in [0.717, 1.165) is 16.5 Å². The fourth-order valence-electron chi connectivity index (χ4n) is 2.58. The second-order valence-corrected chi connectivity index (χ2v) is 5.30. The van der Waals surface area contributed by atoms with Gasteiger partial charge < -0.3 is 19.4 Å². The number of fused-ring (bicyclic) bond motifs is 1. The molecule has 3 rings (SSSR count). The van der Waals surface area contributed by atoms with Crippen LogP contribution in [-0.4, -0.2) is 43.2 Å². The van der Waals surface area contributed by atoms with Crippen molar-refractivity contribution in [3.8, 4) is 0 Å². The summed E-state index contributed by atoms with van der Waals surface area (Å²) in [7, 11) is 0. The van der Waals surface area contributed by atoms with Gasteiger partial charge in [-0.15, -0.1) is 0 Å². The molecule has 1 amide bonds. The van der Waals surface area contributed by atoms with E-state index in [1.165, 1.54) is 0 Å². The van der Waals surface area contributed by atoms with E-state index >= 15 is 0 Å². The first-order valence-electron chi connectivity index (χ1n) is 7.31. The minimum Gasteiger partial charge on any atom is -0.464 e. The first-order valence-corrected chi connectivity index (χ1v) is 7.31. The maximum atomic E-state index is 12.3. The fourth-order valence-corrected chi connectivity index (χ4v) is 2.58. The summed E-state index contributed by atoms with van der Waals surface area (Å²) in [6.07, 6.45) is 1.75. The Morgan fingerprint density at radius 2 is 2.10 bits per heavy atom. The normalized spacial score (nSPS) is 17.1. The monoisotopic (exact) mass is 288 g/mol. The predicted octanol–water partition coefficient (Wildman–Crippen LogP) is 1.77. The lowest BCUT2D eigenvalue weighted by molar-refractivity contribution is -0.137. The van der Waals surface area contributed by atoms with Gasteiger partial charge >= 0.3 is 0 Å². The molecule has 0 radical (unpaired) electrons. The second-order valence-electron chi connectivity index (χ2n) is 5.30. The van der Waals surface area contributed by atoms with E-state index < -0.39 is 0 Å². The summed E-state index contributed by atoms with van der Waals surface area (Å²) >= 11 is 0. The first-order chi connectivity index (χ1) is 10.3. The van der Waals surface area contributed by atoms with Crippen LogP contribution in [0.15, 0.2) is 34.9 Å². The topological polar surface area (TPSA) is 54.7 Å². The molecule has 0 saturated carbocycles. The SMILES string of the molecule is CC(NCc1coc2ccccc12)C(=O)N1CCOCC1. The molecule has 5 heteroatoms. The summed E-state index contributed by atoms with van der Waals surface area (Å²) in [6.45, 7) is 5.14. The molecule has 112 valence electrons. The lowest BCUT2D eigenvalue weighted by Gasteiger charge is -2.29. The van der Waals surface area contributed by atoms with Gasteiger partial charge in [0.25, 0.3) is 0 Å². The highest BCUT2D eigenvalue weighted by atomic mass is 16.5. The third-order valence-corrected chi connectivity index (χ3v) is 3.85. The summed E-state index contributed by atoms with van der Waals surface area (Å²) < 4.78 is 10.8. The Kier molecular flexibility index (Phi) is 4.22. The Morgan fingerprint density at radius 3 is 2.90 bits per heavy atom. The Balaban J connectivity index is 1.60. The molecule has 1 atom stereocenters. The highest BCUT2D eigenvalue weighted by Crippen LogP contribution is 2.20. The summed E-state index contributed by atoms with van der Waals surface area (Å²) in [5.74, 6) is 0.131. The highest BCUT2D eigenvalue weighted by Gasteiger charge is 2.22. The lowest BCUT2D eigenvalue weighted by Crippen LogP contribution is -2.49. The van der Waals surface area contributed by atoms with Crippen molar-refractivity contribution >= 4 is 16.9 Å². The van der Waals surface area contributed by atoms with Crippen molar-refractivity contribution in [1.82, 2.24) is 10.2 Å². The number of para-hydroxylation sites is 1. The Morgan fingerprint density at radius 1 is 1.33 bits per heavy atom. The Bertz CT molecular complexity index is 617. The molecule has 5 nitrogen and oxygen atoms in total. The number of amides is 1. The van der Waals surface area contributed by atoms with Crippen LogP contribution in [0.2, 0.25) is 0 Å². The molecular weight excluding hydrogens is 268 g/mol. The maximum absolute atomic E-state index is 12.3. The number of carbonyl (C=O) groups excluding carboxylic acids is 1. The van der Waals surface area contributed by atoms with Gasteiger partial charge in [-0.2, -0.15) is 0 Å². The van der Waals surface area contributed by atoms with Gasteiger partial charge in [-0.05, 0) is 13.0 Å².